The van der Waals surface area contributed by atoms with E-state index in [2.05, 4.69) is 20.8 Å². The number of carboxylic acid groups (broad SMARTS) is 1. The van der Waals surface area contributed by atoms with Gasteiger partial charge in [0.05, 0.1) is 0 Å². The summed E-state index contributed by atoms with van der Waals surface area (Å²) in [5.74, 6) is -3.93. The highest BCUT2D eigenvalue weighted by molar-refractivity contribution is 8.00. The summed E-state index contributed by atoms with van der Waals surface area (Å²) in [6.07, 6.45) is 0. The number of ether oxygens (including phenoxy) is 1. The second-order valence-corrected chi connectivity index (χ2v) is 8.97. The highest BCUT2D eigenvalue weighted by Gasteiger charge is 2.54. The highest BCUT2D eigenvalue weighted by atomic mass is 35.5. The summed E-state index contributed by atoms with van der Waals surface area (Å²) in [7, 11) is 1.22. The van der Waals surface area contributed by atoms with Gasteiger partial charge in [-0.25, -0.2) is 9.78 Å². The predicted octanol–water partition coefficient (Wildman–Crippen LogP) is -0.0274. The van der Waals surface area contributed by atoms with Crippen LogP contribution in [0, 0.1) is 0 Å². The van der Waals surface area contributed by atoms with Crippen molar-refractivity contribution in [2.75, 3.05) is 30.7 Å². The Bertz CT molecular complexity index is 1100. The lowest BCUT2D eigenvalue weighted by molar-refractivity contribution is -0.150. The SMILES string of the molecule is CO/N=C(/C(=O)NC1C(=O)N2C(C(=O)O)=C(COC(C)=O)CS[C@H]12)c1csc(NC(=O)CCl)n1. The van der Waals surface area contributed by atoms with Crippen molar-refractivity contribution in [1.82, 2.24) is 15.2 Å². The highest BCUT2D eigenvalue weighted by Crippen LogP contribution is 2.40. The van der Waals surface area contributed by atoms with Crippen LogP contribution in [0.2, 0.25) is 0 Å². The summed E-state index contributed by atoms with van der Waals surface area (Å²) < 4.78 is 4.89. The van der Waals surface area contributed by atoms with E-state index in [4.69, 9.17) is 21.2 Å². The van der Waals surface area contributed by atoms with Gasteiger partial charge in [-0.3, -0.25) is 24.1 Å². The molecule has 1 aromatic rings. The summed E-state index contributed by atoms with van der Waals surface area (Å²) in [5, 5.41) is 19.2. The van der Waals surface area contributed by atoms with E-state index >= 15 is 0 Å². The largest absolute Gasteiger partial charge is 0.477 e. The molecule has 0 saturated carbocycles. The molecule has 0 radical (unpaired) electrons. The van der Waals surface area contributed by atoms with Gasteiger partial charge in [-0.1, -0.05) is 5.16 Å². The molecule has 2 aliphatic rings. The van der Waals surface area contributed by atoms with E-state index < -0.39 is 41.1 Å². The number of halogens is 1. The zero-order chi connectivity index (χ0) is 25.0. The van der Waals surface area contributed by atoms with Crippen molar-refractivity contribution >= 4 is 75.2 Å². The predicted molar refractivity (Wildman–Crippen MR) is 121 cm³/mol. The van der Waals surface area contributed by atoms with Crippen LogP contribution in [0.4, 0.5) is 5.13 Å². The second kappa shape index (κ2) is 10.8. The van der Waals surface area contributed by atoms with Crippen molar-refractivity contribution < 1.29 is 38.7 Å². The van der Waals surface area contributed by atoms with Gasteiger partial charge in [0.2, 0.25) is 5.91 Å². The number of nitrogens with zero attached hydrogens (tertiary/aromatic N) is 3. The van der Waals surface area contributed by atoms with E-state index in [0.29, 0.717) is 0 Å². The quantitative estimate of drug-likeness (QED) is 0.129. The van der Waals surface area contributed by atoms with Crippen LogP contribution in [0.3, 0.4) is 0 Å². The fraction of sp³-hybridized carbons (Fsp3) is 0.389. The summed E-state index contributed by atoms with van der Waals surface area (Å²) in [6, 6.07) is -1.03. The number of β-lactam (4-membered cyclic amide) rings is 1. The van der Waals surface area contributed by atoms with Gasteiger partial charge in [0.15, 0.2) is 10.8 Å². The smallest absolute Gasteiger partial charge is 0.352 e. The molecule has 182 valence electrons. The minimum absolute atomic E-state index is 0.0870. The number of anilines is 1. The molecule has 2 aliphatic heterocycles. The Labute approximate surface area is 205 Å². The Hall–Kier alpha value is -3.17. The maximum absolute atomic E-state index is 12.9. The number of hydrogen-bond acceptors (Lipinski definition) is 11. The number of alkyl halides is 1. The standard InChI is InChI=1S/C18H18ClN5O8S2/c1-7(25)32-4-8-5-33-16-12(15(28)24(16)13(8)17(29)30)22-14(27)11(23-31-2)9-6-34-18(20-9)21-10(26)3-19/h6,12,16H,3-5H2,1-2H3,(H,22,27)(H,29,30)(H,20,21,26)/b23-11+/t12?,16-/m1/s1. The lowest BCUT2D eigenvalue weighted by atomic mass is 10.0. The molecule has 0 aliphatic carbocycles. The zero-order valence-corrected chi connectivity index (χ0v) is 20.1. The number of carboxylic acids is 1. The Balaban J connectivity index is 1.75. The molecule has 1 unspecified atom stereocenters. The van der Waals surface area contributed by atoms with E-state index in [1.54, 1.807) is 0 Å². The molecule has 0 aromatic carbocycles. The average Bonchev–Trinajstić information content (AvgIpc) is 3.26. The molecule has 3 heterocycles. The minimum atomic E-state index is -1.35. The molecule has 3 rings (SSSR count). The Kier molecular flexibility index (Phi) is 8.11. The third kappa shape index (κ3) is 5.31. The Morgan fingerprint density at radius 1 is 1.38 bits per heavy atom. The molecular formula is C18H18ClN5O8S2. The third-order valence-corrected chi connectivity index (χ3v) is 6.84. The second-order valence-electron chi connectivity index (χ2n) is 6.74. The number of carbonyl (C=O) groups is 5. The summed E-state index contributed by atoms with van der Waals surface area (Å²) >= 11 is 7.69. The molecule has 1 fully saturated rings. The topological polar surface area (TPSA) is 177 Å². The lowest BCUT2D eigenvalue weighted by Crippen LogP contribution is -2.71. The van der Waals surface area contributed by atoms with Gasteiger partial charge < -0.3 is 25.3 Å². The van der Waals surface area contributed by atoms with Gasteiger partial charge in [-0.2, -0.15) is 0 Å². The fourth-order valence-electron chi connectivity index (χ4n) is 3.08. The maximum Gasteiger partial charge on any atom is 0.352 e. The molecule has 0 bridgehead atoms. The molecule has 16 heteroatoms. The maximum atomic E-state index is 12.9. The number of thioether (sulfide) groups is 1. The lowest BCUT2D eigenvalue weighted by Gasteiger charge is -2.49. The van der Waals surface area contributed by atoms with Crippen LogP contribution in [0.1, 0.15) is 12.6 Å². The molecule has 1 aromatic heterocycles. The van der Waals surface area contributed by atoms with Gasteiger partial charge in [0.1, 0.15) is 42.4 Å². The number of aliphatic carboxylic acids is 1. The van der Waals surface area contributed by atoms with E-state index in [1.165, 1.54) is 31.2 Å². The molecule has 0 spiro atoms. The summed E-state index contributed by atoms with van der Waals surface area (Å²) in [5.41, 5.74) is -0.158. The van der Waals surface area contributed by atoms with Crippen LogP contribution in [-0.2, 0) is 33.5 Å². The average molecular weight is 532 g/mol. The summed E-state index contributed by atoms with van der Waals surface area (Å²) in [6.45, 7) is 0.935. The first-order chi connectivity index (χ1) is 16.2. The molecule has 3 N–H and O–H groups in total. The number of esters is 1. The Morgan fingerprint density at radius 3 is 2.74 bits per heavy atom. The molecule has 2 atom stereocenters. The first-order valence-electron chi connectivity index (χ1n) is 9.45. The van der Waals surface area contributed by atoms with Crippen LogP contribution in [0.25, 0.3) is 0 Å². The third-order valence-electron chi connectivity index (χ3n) is 4.50. The first kappa shape index (κ1) is 25.5. The van der Waals surface area contributed by atoms with Crippen LogP contribution in [-0.4, -0.2) is 87.1 Å². The molecule has 3 amide bonds. The van der Waals surface area contributed by atoms with Gasteiger partial charge in [-0.05, 0) is 0 Å². The normalized spacial score (nSPS) is 19.7. The van der Waals surface area contributed by atoms with Gasteiger partial charge in [-0.15, -0.1) is 34.7 Å². The van der Waals surface area contributed by atoms with Crippen molar-refractivity contribution in [3.05, 3.63) is 22.3 Å². The number of thiazole rings is 1. The number of fused-ring (bicyclic) bond motifs is 1. The zero-order valence-electron chi connectivity index (χ0n) is 17.7. The van der Waals surface area contributed by atoms with Crippen molar-refractivity contribution in [1.29, 1.82) is 0 Å². The van der Waals surface area contributed by atoms with Crippen LogP contribution in [0.15, 0.2) is 21.8 Å². The van der Waals surface area contributed by atoms with Crippen LogP contribution >= 0.6 is 34.7 Å². The van der Waals surface area contributed by atoms with Crippen LogP contribution in [0.5, 0.6) is 0 Å². The number of aromatic nitrogens is 1. The first-order valence-corrected chi connectivity index (χ1v) is 11.9. The number of rotatable bonds is 9. The van der Waals surface area contributed by atoms with Crippen molar-refractivity contribution in [2.45, 2.75) is 18.3 Å². The number of amides is 3. The number of oxime groups is 1. The number of nitrogens with one attached hydrogen (secondary N) is 2. The number of hydrogen-bond donors (Lipinski definition) is 3. The Morgan fingerprint density at radius 2 is 2.12 bits per heavy atom. The van der Waals surface area contributed by atoms with Crippen LogP contribution < -0.4 is 10.6 Å². The van der Waals surface area contributed by atoms with Gasteiger partial charge in [0, 0.05) is 23.6 Å². The van der Waals surface area contributed by atoms with E-state index in [9.17, 15) is 29.1 Å². The fourth-order valence-corrected chi connectivity index (χ4v) is 5.19. The number of carbonyl (C=O) groups excluding carboxylic acids is 4. The van der Waals surface area contributed by atoms with E-state index in [-0.39, 0.29) is 46.0 Å². The molecular weight excluding hydrogens is 514 g/mol. The molecule has 1 saturated heterocycles. The van der Waals surface area contributed by atoms with E-state index in [0.717, 1.165) is 16.2 Å². The molecule has 34 heavy (non-hydrogen) atoms. The monoisotopic (exact) mass is 531 g/mol. The summed E-state index contributed by atoms with van der Waals surface area (Å²) in [4.78, 5) is 69.8. The van der Waals surface area contributed by atoms with Crippen molar-refractivity contribution in [2.24, 2.45) is 5.16 Å². The van der Waals surface area contributed by atoms with E-state index in [1.807, 2.05) is 0 Å². The van der Waals surface area contributed by atoms with Crippen molar-refractivity contribution in [3.8, 4) is 0 Å². The van der Waals surface area contributed by atoms with Gasteiger partial charge in [0.25, 0.3) is 11.8 Å². The van der Waals surface area contributed by atoms with Crippen molar-refractivity contribution in [3.63, 3.8) is 0 Å². The molecule has 13 nitrogen and oxygen atoms in total. The van der Waals surface area contributed by atoms with Gasteiger partial charge >= 0.3 is 11.9 Å². The minimum Gasteiger partial charge on any atom is -0.477 e.